The van der Waals surface area contributed by atoms with Gasteiger partial charge in [-0.3, -0.25) is 4.55 Å². The molecule has 0 bridgehead atoms. The lowest BCUT2D eigenvalue weighted by molar-refractivity contribution is 0.483. The van der Waals surface area contributed by atoms with Crippen molar-refractivity contribution in [3.05, 3.63) is 36.4 Å². The molecule has 0 amide bonds. The number of aliphatic imine (C=N–C) groups is 2. The molecule has 21 heavy (non-hydrogen) atoms. The van der Waals surface area contributed by atoms with Gasteiger partial charge in [0.15, 0.2) is 5.96 Å². The van der Waals surface area contributed by atoms with Crippen molar-refractivity contribution in [1.82, 2.24) is 0 Å². The van der Waals surface area contributed by atoms with Crippen molar-refractivity contribution < 1.29 is 13.0 Å². The molecule has 0 radical (unpaired) electrons. The number of hydrogen-bond acceptors (Lipinski definition) is 3. The predicted octanol–water partition coefficient (Wildman–Crippen LogP) is 0.306. The predicted molar refractivity (Wildman–Crippen MR) is 80.9 cm³/mol. The fourth-order valence-corrected chi connectivity index (χ4v) is 2.28. The van der Waals surface area contributed by atoms with Gasteiger partial charge in [0.25, 0.3) is 10.1 Å². The molecule has 7 N–H and O–H groups in total. The molecular weight excluding hydrogens is 294 g/mol. The number of nitrogens with two attached hydrogens (primary N) is 3. The van der Waals surface area contributed by atoms with E-state index in [1.54, 1.807) is 24.3 Å². The number of nitrogens with zero attached hydrogens (tertiary/aromatic N) is 2. The van der Waals surface area contributed by atoms with E-state index in [2.05, 4.69) is 9.98 Å². The average molecular weight is 307 g/mol. The molecule has 0 saturated heterocycles. The second-order valence-corrected chi connectivity index (χ2v) is 5.56. The molecule has 0 saturated carbocycles. The second kappa shape index (κ2) is 5.38. The summed E-state index contributed by atoms with van der Waals surface area (Å²) in [6, 6.07) is 9.24. The lowest BCUT2D eigenvalue weighted by atomic mass is 10.1. The summed E-state index contributed by atoms with van der Waals surface area (Å²) >= 11 is 0. The molecule has 2 aromatic rings. The summed E-state index contributed by atoms with van der Waals surface area (Å²) in [4.78, 5) is 7.37. The summed E-state index contributed by atoms with van der Waals surface area (Å²) in [7, 11) is -4.31. The summed E-state index contributed by atoms with van der Waals surface area (Å²) in [6.07, 6.45) is 0. The van der Waals surface area contributed by atoms with Crippen LogP contribution in [-0.2, 0) is 10.1 Å². The second-order valence-electron chi connectivity index (χ2n) is 4.14. The monoisotopic (exact) mass is 307 g/mol. The van der Waals surface area contributed by atoms with Crippen LogP contribution in [0.2, 0.25) is 0 Å². The Bertz CT molecular complexity index is 854. The van der Waals surface area contributed by atoms with Crippen molar-refractivity contribution in [3.8, 4) is 0 Å². The minimum atomic E-state index is -4.31. The fourth-order valence-electron chi connectivity index (χ4n) is 1.77. The molecule has 8 nitrogen and oxygen atoms in total. The topological polar surface area (TPSA) is 157 Å². The molecule has 0 fully saturated rings. The van der Waals surface area contributed by atoms with E-state index in [-0.39, 0.29) is 16.8 Å². The van der Waals surface area contributed by atoms with Gasteiger partial charge in [-0.1, -0.05) is 18.2 Å². The standard InChI is InChI=1S/C12H13N5O3S/c13-11(14)17-12(15)16-10-3-1-2-7-4-5-8(6-9(7)10)21(18,19)20/h1-6H,(H,18,19,20)(H6,13,14,15,16,17). The molecule has 110 valence electrons. The average Bonchev–Trinajstić information content (AvgIpc) is 2.36. The summed E-state index contributed by atoms with van der Waals surface area (Å²) in [6.45, 7) is 0. The van der Waals surface area contributed by atoms with Crippen LogP contribution in [-0.4, -0.2) is 24.9 Å². The van der Waals surface area contributed by atoms with Crippen LogP contribution in [0.1, 0.15) is 0 Å². The zero-order valence-electron chi connectivity index (χ0n) is 10.8. The fraction of sp³-hybridized carbons (Fsp3) is 0. The zero-order chi connectivity index (χ0) is 15.6. The minimum absolute atomic E-state index is 0.167. The van der Waals surface area contributed by atoms with Gasteiger partial charge < -0.3 is 17.2 Å². The normalized spacial score (nSPS) is 12.3. The van der Waals surface area contributed by atoms with E-state index in [9.17, 15) is 8.42 Å². The highest BCUT2D eigenvalue weighted by molar-refractivity contribution is 7.85. The molecule has 2 aromatic carbocycles. The molecule has 0 aliphatic rings. The van der Waals surface area contributed by atoms with E-state index >= 15 is 0 Å². The van der Waals surface area contributed by atoms with Crippen LogP contribution in [0.3, 0.4) is 0 Å². The van der Waals surface area contributed by atoms with E-state index in [0.717, 1.165) is 5.39 Å². The molecular formula is C12H13N5O3S. The zero-order valence-corrected chi connectivity index (χ0v) is 11.6. The molecule has 0 spiro atoms. The maximum atomic E-state index is 11.2. The molecule has 0 aliphatic carbocycles. The molecule has 9 heteroatoms. The Morgan fingerprint density at radius 1 is 1.10 bits per heavy atom. The van der Waals surface area contributed by atoms with E-state index in [4.69, 9.17) is 21.8 Å². The van der Waals surface area contributed by atoms with Crippen molar-refractivity contribution in [1.29, 1.82) is 0 Å². The first-order chi connectivity index (χ1) is 9.77. The molecule has 0 aromatic heterocycles. The number of hydrogen-bond donors (Lipinski definition) is 4. The minimum Gasteiger partial charge on any atom is -0.370 e. The maximum absolute atomic E-state index is 11.2. The first-order valence-corrected chi connectivity index (χ1v) is 7.15. The quantitative estimate of drug-likeness (QED) is 0.355. The van der Waals surface area contributed by atoms with Crippen LogP contribution >= 0.6 is 0 Å². The highest BCUT2D eigenvalue weighted by Gasteiger charge is 2.11. The van der Waals surface area contributed by atoms with E-state index in [1.807, 2.05) is 0 Å². The van der Waals surface area contributed by atoms with Crippen LogP contribution < -0.4 is 17.2 Å². The van der Waals surface area contributed by atoms with Gasteiger partial charge in [0.1, 0.15) is 0 Å². The summed E-state index contributed by atoms with van der Waals surface area (Å²) in [5, 5.41) is 1.21. The Morgan fingerprint density at radius 3 is 2.43 bits per heavy atom. The van der Waals surface area contributed by atoms with Gasteiger partial charge in [0.05, 0.1) is 10.6 Å². The maximum Gasteiger partial charge on any atom is 0.294 e. The van der Waals surface area contributed by atoms with E-state index < -0.39 is 10.1 Å². The highest BCUT2D eigenvalue weighted by Crippen LogP contribution is 2.28. The first kappa shape index (κ1) is 14.8. The summed E-state index contributed by atoms with van der Waals surface area (Å²) in [5.41, 5.74) is 16.3. The Morgan fingerprint density at radius 2 is 1.81 bits per heavy atom. The van der Waals surface area contributed by atoms with Crippen molar-refractivity contribution in [3.63, 3.8) is 0 Å². The Hall–Kier alpha value is -2.65. The van der Waals surface area contributed by atoms with Gasteiger partial charge in [0.2, 0.25) is 5.96 Å². The van der Waals surface area contributed by atoms with Crippen LogP contribution in [0, 0.1) is 0 Å². The number of benzene rings is 2. The lowest BCUT2D eigenvalue weighted by Gasteiger charge is -2.04. The number of rotatable bonds is 2. The van der Waals surface area contributed by atoms with Gasteiger partial charge in [-0.2, -0.15) is 13.4 Å². The first-order valence-electron chi connectivity index (χ1n) is 5.71. The largest absolute Gasteiger partial charge is 0.370 e. The highest BCUT2D eigenvalue weighted by atomic mass is 32.2. The van der Waals surface area contributed by atoms with Crippen molar-refractivity contribution in [2.24, 2.45) is 27.2 Å². The van der Waals surface area contributed by atoms with E-state index in [0.29, 0.717) is 11.1 Å². The molecule has 0 heterocycles. The molecule has 0 unspecified atom stereocenters. The van der Waals surface area contributed by atoms with Gasteiger partial charge >= 0.3 is 0 Å². The summed E-state index contributed by atoms with van der Waals surface area (Å²) in [5.74, 6) is -0.408. The van der Waals surface area contributed by atoms with Gasteiger partial charge in [-0.05, 0) is 23.6 Å². The Kier molecular flexibility index (Phi) is 3.78. The summed E-state index contributed by atoms with van der Waals surface area (Å²) < 4.78 is 31.5. The van der Waals surface area contributed by atoms with Gasteiger partial charge in [-0.15, -0.1) is 0 Å². The number of fused-ring (bicyclic) bond motifs is 1. The lowest BCUT2D eigenvalue weighted by Crippen LogP contribution is -2.26. The Labute approximate surface area is 120 Å². The SMILES string of the molecule is NC(N)=NC(N)=Nc1cccc2ccc(S(=O)(=O)O)cc12. The van der Waals surface area contributed by atoms with Crippen molar-refractivity contribution in [2.45, 2.75) is 4.90 Å². The number of guanidine groups is 2. The smallest absolute Gasteiger partial charge is 0.294 e. The van der Waals surface area contributed by atoms with Crippen LogP contribution in [0.25, 0.3) is 10.8 Å². The molecule has 0 atom stereocenters. The van der Waals surface area contributed by atoms with Crippen LogP contribution in [0.15, 0.2) is 51.3 Å². The van der Waals surface area contributed by atoms with Crippen LogP contribution in [0.4, 0.5) is 5.69 Å². The van der Waals surface area contributed by atoms with Crippen LogP contribution in [0.5, 0.6) is 0 Å². The van der Waals surface area contributed by atoms with Crippen molar-refractivity contribution in [2.75, 3.05) is 0 Å². The third-order valence-corrected chi connectivity index (χ3v) is 3.46. The van der Waals surface area contributed by atoms with Gasteiger partial charge in [0, 0.05) is 5.39 Å². The van der Waals surface area contributed by atoms with E-state index in [1.165, 1.54) is 12.1 Å². The van der Waals surface area contributed by atoms with Crippen molar-refractivity contribution >= 4 is 38.5 Å². The third kappa shape index (κ3) is 3.46. The molecule has 0 aliphatic heterocycles. The Balaban J connectivity index is 2.67. The third-order valence-electron chi connectivity index (χ3n) is 2.61. The molecule has 2 rings (SSSR count). The van der Waals surface area contributed by atoms with Gasteiger partial charge in [-0.25, -0.2) is 4.99 Å².